The van der Waals surface area contributed by atoms with Crippen molar-refractivity contribution in [3.8, 4) is 0 Å². The van der Waals surface area contributed by atoms with Crippen LogP contribution in [-0.2, 0) is 9.47 Å². The number of hydrogen-bond donors (Lipinski definition) is 9. The first kappa shape index (κ1) is 25.6. The molecule has 11 nitrogen and oxygen atoms in total. The molecule has 0 bridgehead atoms. The van der Waals surface area contributed by atoms with Gasteiger partial charge in [0.1, 0.15) is 12.2 Å². The average molecular weight is 479 g/mol. The van der Waals surface area contributed by atoms with E-state index in [0.717, 1.165) is 0 Å². The van der Waals surface area contributed by atoms with E-state index in [-0.39, 0.29) is 38.0 Å². The van der Waals surface area contributed by atoms with E-state index < -0.39 is 85.3 Å². The van der Waals surface area contributed by atoms with E-state index in [1.165, 1.54) is 0 Å². The van der Waals surface area contributed by atoms with Gasteiger partial charge in [-0.15, -0.1) is 0 Å². The van der Waals surface area contributed by atoms with Crippen molar-refractivity contribution < 1.29 is 55.4 Å². The van der Waals surface area contributed by atoms with Crippen molar-refractivity contribution in [3.63, 3.8) is 0 Å². The molecule has 0 aromatic rings. The van der Waals surface area contributed by atoms with Crippen LogP contribution in [0.1, 0.15) is 44.9 Å². The number of aliphatic hydroxyl groups is 9. The van der Waals surface area contributed by atoms with Gasteiger partial charge in [-0.3, -0.25) is 0 Å². The molecule has 11 heteroatoms. The zero-order valence-corrected chi connectivity index (χ0v) is 18.5. The average Bonchev–Trinajstić information content (AvgIpc) is 2.75. The summed E-state index contributed by atoms with van der Waals surface area (Å²) in [6.07, 6.45) is -10.9. The molecular weight excluding hydrogens is 440 g/mol. The topological polar surface area (TPSA) is 201 Å². The first-order valence-corrected chi connectivity index (χ1v) is 12.0. The highest BCUT2D eigenvalue weighted by Crippen LogP contribution is 2.43. The lowest BCUT2D eigenvalue weighted by molar-refractivity contribution is -0.273. The maximum absolute atomic E-state index is 10.8. The van der Waals surface area contributed by atoms with Gasteiger partial charge < -0.3 is 55.4 Å². The third-order valence-electron chi connectivity index (χ3n) is 8.13. The van der Waals surface area contributed by atoms with Gasteiger partial charge in [0.05, 0.1) is 54.9 Å². The zero-order valence-electron chi connectivity index (χ0n) is 18.5. The van der Waals surface area contributed by atoms with E-state index in [0.29, 0.717) is 12.8 Å². The van der Waals surface area contributed by atoms with Gasteiger partial charge in [-0.05, 0) is 50.9 Å². The SMILES string of the molecule is OC1[C@H](O)CC([C@H](O)O[C@H]2C[C@H]3[C@@H](O)C[C@@H](O)C[C@H]3O[C@@H]2C2C[C@@H](O)C(O)[C@@H](O)C2)C[C@@H]1O. The van der Waals surface area contributed by atoms with E-state index in [4.69, 9.17) is 9.47 Å². The lowest BCUT2D eigenvalue weighted by Gasteiger charge is -2.51. The predicted molar refractivity (Wildman–Crippen MR) is 110 cm³/mol. The molecule has 0 amide bonds. The van der Waals surface area contributed by atoms with Crippen LogP contribution in [0.5, 0.6) is 0 Å². The van der Waals surface area contributed by atoms with E-state index in [2.05, 4.69) is 0 Å². The fourth-order valence-corrected chi connectivity index (χ4v) is 6.24. The first-order valence-electron chi connectivity index (χ1n) is 12.0. The van der Waals surface area contributed by atoms with Gasteiger partial charge >= 0.3 is 0 Å². The summed E-state index contributed by atoms with van der Waals surface area (Å²) in [5, 5.41) is 91.5. The van der Waals surface area contributed by atoms with Crippen molar-refractivity contribution >= 4 is 0 Å². The van der Waals surface area contributed by atoms with Gasteiger partial charge in [0.15, 0.2) is 6.29 Å². The van der Waals surface area contributed by atoms with Crippen LogP contribution in [0.4, 0.5) is 0 Å². The molecule has 1 aliphatic heterocycles. The van der Waals surface area contributed by atoms with Crippen LogP contribution in [0.3, 0.4) is 0 Å². The second kappa shape index (κ2) is 10.3. The molecule has 0 aromatic heterocycles. The van der Waals surface area contributed by atoms with Crippen LogP contribution in [0.2, 0.25) is 0 Å². The monoisotopic (exact) mass is 478 g/mol. The molecule has 0 radical (unpaired) electrons. The summed E-state index contributed by atoms with van der Waals surface area (Å²) in [4.78, 5) is 0. The molecule has 192 valence electrons. The predicted octanol–water partition coefficient (Wildman–Crippen LogP) is -3.04. The first-order chi connectivity index (χ1) is 15.5. The molecule has 1 saturated heterocycles. The maximum atomic E-state index is 10.8. The summed E-state index contributed by atoms with van der Waals surface area (Å²) in [7, 11) is 0. The molecular formula is C22H38O11. The minimum Gasteiger partial charge on any atom is -0.393 e. The number of ether oxygens (including phenoxy) is 2. The van der Waals surface area contributed by atoms with Crippen LogP contribution < -0.4 is 0 Å². The smallest absolute Gasteiger partial charge is 0.158 e. The van der Waals surface area contributed by atoms with Crippen molar-refractivity contribution in [2.75, 3.05) is 0 Å². The van der Waals surface area contributed by atoms with Crippen molar-refractivity contribution in [2.45, 2.75) is 118 Å². The van der Waals surface area contributed by atoms with Crippen molar-refractivity contribution in [3.05, 3.63) is 0 Å². The fraction of sp³-hybridized carbons (Fsp3) is 1.00. The Morgan fingerprint density at radius 2 is 1.18 bits per heavy atom. The van der Waals surface area contributed by atoms with Crippen LogP contribution >= 0.6 is 0 Å². The van der Waals surface area contributed by atoms with Crippen LogP contribution in [0.25, 0.3) is 0 Å². The Morgan fingerprint density at radius 3 is 1.76 bits per heavy atom. The Bertz CT molecular complexity index is 628. The Labute approximate surface area is 192 Å². The normalized spacial score (nSPS) is 54.5. The quantitative estimate of drug-likeness (QED) is 0.186. The van der Waals surface area contributed by atoms with E-state index in [1.54, 1.807) is 0 Å². The summed E-state index contributed by atoms with van der Waals surface area (Å²) >= 11 is 0. The molecule has 9 N–H and O–H groups in total. The highest BCUT2D eigenvalue weighted by Gasteiger charge is 2.51. The van der Waals surface area contributed by atoms with Crippen LogP contribution in [-0.4, -0.2) is 119 Å². The minimum absolute atomic E-state index is 0.0333. The lowest BCUT2D eigenvalue weighted by atomic mass is 9.72. The highest BCUT2D eigenvalue weighted by molar-refractivity contribution is 4.99. The second-order valence-corrected chi connectivity index (χ2v) is 10.5. The summed E-state index contributed by atoms with van der Waals surface area (Å²) in [5.41, 5.74) is 0. The Hall–Kier alpha value is -0.440. The third kappa shape index (κ3) is 5.39. The van der Waals surface area contributed by atoms with Gasteiger partial charge in [0, 0.05) is 11.8 Å². The molecule has 4 unspecified atom stereocenters. The molecule has 3 aliphatic carbocycles. The van der Waals surface area contributed by atoms with Gasteiger partial charge in [-0.2, -0.15) is 0 Å². The Morgan fingerprint density at radius 1 is 0.636 bits per heavy atom. The standard InChI is InChI=1S/C22H38O11/c23-10-5-12(24)11-7-18(33-22(31)9-3-15(27)20(30)16(28)4-9)21(32-17(11)6-10)8-1-13(25)19(29)14(26)2-8/h8-31H,1-7H2/t8?,9?,10-,11+,12+,13-,14+,15-,16+,17-,18+,19?,20?,21-,22-/m1/s1. The molecule has 1 heterocycles. The molecule has 4 rings (SSSR count). The highest BCUT2D eigenvalue weighted by atomic mass is 16.6. The zero-order chi connectivity index (χ0) is 24.0. The van der Waals surface area contributed by atoms with Crippen molar-refractivity contribution in [2.24, 2.45) is 17.8 Å². The number of rotatable bonds is 4. The van der Waals surface area contributed by atoms with E-state index in [1.807, 2.05) is 0 Å². The molecule has 0 aromatic carbocycles. The van der Waals surface area contributed by atoms with Gasteiger partial charge in [0.2, 0.25) is 0 Å². The van der Waals surface area contributed by atoms with Crippen LogP contribution in [0, 0.1) is 17.8 Å². The van der Waals surface area contributed by atoms with E-state index in [9.17, 15) is 46.0 Å². The van der Waals surface area contributed by atoms with Crippen molar-refractivity contribution in [1.29, 1.82) is 0 Å². The number of aliphatic hydroxyl groups excluding tert-OH is 9. The second-order valence-electron chi connectivity index (χ2n) is 10.5. The summed E-state index contributed by atoms with van der Waals surface area (Å²) < 4.78 is 12.2. The lowest BCUT2D eigenvalue weighted by Crippen LogP contribution is -2.58. The Kier molecular flexibility index (Phi) is 7.99. The van der Waals surface area contributed by atoms with Gasteiger partial charge in [0.25, 0.3) is 0 Å². The fourth-order valence-electron chi connectivity index (χ4n) is 6.24. The van der Waals surface area contributed by atoms with Crippen LogP contribution in [0.15, 0.2) is 0 Å². The Balaban J connectivity index is 1.51. The molecule has 3 saturated carbocycles. The summed E-state index contributed by atoms with van der Waals surface area (Å²) in [6, 6.07) is 0. The minimum atomic E-state index is -1.38. The molecule has 15 atom stereocenters. The molecule has 4 aliphatic rings. The summed E-state index contributed by atoms with van der Waals surface area (Å²) in [5.74, 6) is -1.38. The third-order valence-corrected chi connectivity index (χ3v) is 8.13. The van der Waals surface area contributed by atoms with Gasteiger partial charge in [-0.1, -0.05) is 0 Å². The summed E-state index contributed by atoms with van der Waals surface area (Å²) in [6.45, 7) is 0. The number of hydrogen-bond acceptors (Lipinski definition) is 11. The maximum Gasteiger partial charge on any atom is 0.158 e. The van der Waals surface area contributed by atoms with E-state index >= 15 is 0 Å². The molecule has 0 spiro atoms. The van der Waals surface area contributed by atoms with Gasteiger partial charge in [-0.25, -0.2) is 0 Å². The van der Waals surface area contributed by atoms with Crippen molar-refractivity contribution in [1.82, 2.24) is 0 Å². The molecule has 33 heavy (non-hydrogen) atoms. The largest absolute Gasteiger partial charge is 0.393 e. The molecule has 4 fully saturated rings. The number of fused-ring (bicyclic) bond motifs is 1.